The first-order valence-electron chi connectivity index (χ1n) is 7.66. The van der Waals surface area contributed by atoms with Crippen LogP contribution in [-0.2, 0) is 0 Å². The second-order valence-corrected chi connectivity index (χ2v) is 5.37. The minimum atomic E-state index is 0.663. The van der Waals surface area contributed by atoms with Gasteiger partial charge in [-0.3, -0.25) is 0 Å². The maximum Gasteiger partial charge on any atom is 0.161 e. The molecular weight excluding hydrogens is 276 g/mol. The van der Waals surface area contributed by atoms with Crippen molar-refractivity contribution in [1.82, 2.24) is 0 Å². The number of hydrogen-bond acceptors (Lipinski definition) is 3. The van der Waals surface area contributed by atoms with Gasteiger partial charge in [-0.25, -0.2) is 0 Å². The van der Waals surface area contributed by atoms with Gasteiger partial charge in [-0.2, -0.15) is 0 Å². The first kappa shape index (κ1) is 16.2. The molecule has 0 unspecified atom stereocenters. The van der Waals surface area contributed by atoms with Crippen molar-refractivity contribution in [2.75, 3.05) is 20.3 Å². The van der Waals surface area contributed by atoms with Gasteiger partial charge >= 0.3 is 0 Å². The summed E-state index contributed by atoms with van der Waals surface area (Å²) in [5.41, 5.74) is 2.41. The molecule has 3 nitrogen and oxygen atoms in total. The van der Waals surface area contributed by atoms with E-state index in [9.17, 15) is 0 Å². The fraction of sp³-hybridized carbons (Fsp3) is 0.368. The van der Waals surface area contributed by atoms with Gasteiger partial charge in [0, 0.05) is 0 Å². The molecule has 0 atom stereocenters. The summed E-state index contributed by atoms with van der Waals surface area (Å²) in [6.45, 7) is 5.48. The monoisotopic (exact) mass is 300 g/mol. The van der Waals surface area contributed by atoms with E-state index in [2.05, 4.69) is 19.1 Å². The Kier molecular flexibility index (Phi) is 6.13. The molecule has 0 radical (unpaired) electrons. The highest BCUT2D eigenvalue weighted by molar-refractivity contribution is 5.42. The predicted octanol–water partition coefficient (Wildman–Crippen LogP) is 4.55. The van der Waals surface area contributed by atoms with E-state index >= 15 is 0 Å². The van der Waals surface area contributed by atoms with Crippen molar-refractivity contribution in [2.24, 2.45) is 0 Å². The molecule has 2 aromatic carbocycles. The van der Waals surface area contributed by atoms with Crippen molar-refractivity contribution in [3.8, 4) is 17.2 Å². The van der Waals surface area contributed by atoms with Crippen LogP contribution < -0.4 is 14.2 Å². The molecule has 0 fully saturated rings. The van der Waals surface area contributed by atoms with E-state index in [-0.39, 0.29) is 0 Å². The molecule has 0 bridgehead atoms. The summed E-state index contributed by atoms with van der Waals surface area (Å²) in [6, 6.07) is 14.1. The highest BCUT2D eigenvalue weighted by atomic mass is 16.5. The van der Waals surface area contributed by atoms with Crippen LogP contribution >= 0.6 is 0 Å². The normalized spacial score (nSPS) is 10.3. The van der Waals surface area contributed by atoms with Crippen molar-refractivity contribution in [3.63, 3.8) is 0 Å². The Morgan fingerprint density at radius 1 is 0.727 bits per heavy atom. The van der Waals surface area contributed by atoms with Gasteiger partial charge < -0.3 is 14.2 Å². The molecule has 0 aliphatic rings. The standard InChI is InChI=1S/C19H24O3/c1-15-6-9-17(10-7-15)21-12-4-5-13-22-18-11-8-16(2)14-19(18)20-3/h6-11,14H,4-5,12-13H2,1-3H3. The molecule has 3 heteroatoms. The van der Waals surface area contributed by atoms with E-state index in [4.69, 9.17) is 14.2 Å². The van der Waals surface area contributed by atoms with Gasteiger partial charge in [0.25, 0.3) is 0 Å². The maximum absolute atomic E-state index is 5.77. The SMILES string of the molecule is COc1cc(C)ccc1OCCCCOc1ccc(C)cc1. The van der Waals surface area contributed by atoms with Crippen LogP contribution in [0.3, 0.4) is 0 Å². The Labute approximate surface area is 132 Å². The summed E-state index contributed by atoms with van der Waals surface area (Å²) in [7, 11) is 1.66. The highest BCUT2D eigenvalue weighted by Crippen LogP contribution is 2.27. The van der Waals surface area contributed by atoms with E-state index in [1.54, 1.807) is 7.11 Å². The fourth-order valence-corrected chi connectivity index (χ4v) is 2.10. The van der Waals surface area contributed by atoms with E-state index in [0.717, 1.165) is 35.7 Å². The fourth-order valence-electron chi connectivity index (χ4n) is 2.10. The lowest BCUT2D eigenvalue weighted by molar-refractivity contribution is 0.258. The summed E-state index contributed by atoms with van der Waals surface area (Å²) in [5.74, 6) is 2.51. The quantitative estimate of drug-likeness (QED) is 0.669. The van der Waals surface area contributed by atoms with E-state index in [1.165, 1.54) is 5.56 Å². The second-order valence-electron chi connectivity index (χ2n) is 5.37. The minimum Gasteiger partial charge on any atom is -0.494 e. The zero-order valence-corrected chi connectivity index (χ0v) is 13.6. The van der Waals surface area contributed by atoms with Crippen LogP contribution in [-0.4, -0.2) is 20.3 Å². The third-order valence-corrected chi connectivity index (χ3v) is 3.41. The molecule has 0 N–H and O–H groups in total. The zero-order valence-electron chi connectivity index (χ0n) is 13.6. The smallest absolute Gasteiger partial charge is 0.161 e. The van der Waals surface area contributed by atoms with Crippen LogP contribution in [0, 0.1) is 13.8 Å². The van der Waals surface area contributed by atoms with Gasteiger partial charge in [-0.05, 0) is 56.5 Å². The van der Waals surface area contributed by atoms with Gasteiger partial charge in [0.15, 0.2) is 11.5 Å². The van der Waals surface area contributed by atoms with E-state index < -0.39 is 0 Å². The molecule has 0 spiro atoms. The minimum absolute atomic E-state index is 0.663. The molecule has 0 amide bonds. The number of unbranched alkanes of at least 4 members (excludes halogenated alkanes) is 1. The number of ether oxygens (including phenoxy) is 3. The average molecular weight is 300 g/mol. The summed E-state index contributed by atoms with van der Waals surface area (Å²) in [6.07, 6.45) is 1.91. The summed E-state index contributed by atoms with van der Waals surface area (Å²) >= 11 is 0. The Morgan fingerprint density at radius 3 is 2.05 bits per heavy atom. The van der Waals surface area contributed by atoms with Crippen molar-refractivity contribution < 1.29 is 14.2 Å². The molecule has 0 aromatic heterocycles. The lowest BCUT2D eigenvalue weighted by Gasteiger charge is -2.11. The average Bonchev–Trinajstić information content (AvgIpc) is 2.53. The molecule has 0 saturated heterocycles. The van der Waals surface area contributed by atoms with Gasteiger partial charge in [-0.1, -0.05) is 23.8 Å². The van der Waals surface area contributed by atoms with Crippen LogP contribution in [0.25, 0.3) is 0 Å². The molecule has 0 aliphatic heterocycles. The molecule has 118 valence electrons. The van der Waals surface area contributed by atoms with Crippen molar-refractivity contribution >= 4 is 0 Å². The zero-order chi connectivity index (χ0) is 15.8. The first-order valence-corrected chi connectivity index (χ1v) is 7.66. The summed E-state index contributed by atoms with van der Waals surface area (Å²) in [4.78, 5) is 0. The Morgan fingerprint density at radius 2 is 1.36 bits per heavy atom. The maximum atomic E-state index is 5.77. The van der Waals surface area contributed by atoms with Crippen molar-refractivity contribution in [3.05, 3.63) is 53.6 Å². The van der Waals surface area contributed by atoms with Gasteiger partial charge in [0.1, 0.15) is 5.75 Å². The van der Waals surface area contributed by atoms with Crippen LogP contribution in [0.15, 0.2) is 42.5 Å². The van der Waals surface area contributed by atoms with Crippen molar-refractivity contribution in [2.45, 2.75) is 26.7 Å². The molecule has 2 rings (SSSR count). The van der Waals surface area contributed by atoms with Crippen LogP contribution in [0.5, 0.6) is 17.2 Å². The van der Waals surface area contributed by atoms with Crippen LogP contribution in [0.1, 0.15) is 24.0 Å². The Bertz CT molecular complexity index is 576. The summed E-state index contributed by atoms with van der Waals surface area (Å²) < 4.78 is 16.8. The molecule has 22 heavy (non-hydrogen) atoms. The topological polar surface area (TPSA) is 27.7 Å². The van der Waals surface area contributed by atoms with Gasteiger partial charge in [0.05, 0.1) is 20.3 Å². The van der Waals surface area contributed by atoms with E-state index in [1.807, 2.05) is 37.3 Å². The number of aryl methyl sites for hydroxylation is 2. The Balaban J connectivity index is 1.66. The third kappa shape index (κ3) is 4.99. The van der Waals surface area contributed by atoms with Crippen molar-refractivity contribution in [1.29, 1.82) is 0 Å². The van der Waals surface area contributed by atoms with Gasteiger partial charge in [0.2, 0.25) is 0 Å². The first-order chi connectivity index (χ1) is 10.7. The highest BCUT2D eigenvalue weighted by Gasteiger charge is 2.03. The molecular formula is C19H24O3. The van der Waals surface area contributed by atoms with E-state index in [0.29, 0.717) is 13.2 Å². The summed E-state index contributed by atoms with van der Waals surface area (Å²) in [5, 5.41) is 0. The number of methoxy groups -OCH3 is 1. The molecule has 0 aliphatic carbocycles. The second kappa shape index (κ2) is 8.32. The molecule has 0 saturated carbocycles. The number of hydrogen-bond donors (Lipinski definition) is 0. The van der Waals surface area contributed by atoms with Crippen LogP contribution in [0.2, 0.25) is 0 Å². The largest absolute Gasteiger partial charge is 0.494 e. The lowest BCUT2D eigenvalue weighted by atomic mass is 10.2. The van der Waals surface area contributed by atoms with Crippen LogP contribution in [0.4, 0.5) is 0 Å². The molecule has 0 heterocycles. The Hall–Kier alpha value is -2.16. The third-order valence-electron chi connectivity index (χ3n) is 3.41. The number of benzene rings is 2. The van der Waals surface area contributed by atoms with Gasteiger partial charge in [-0.15, -0.1) is 0 Å². The lowest BCUT2D eigenvalue weighted by Crippen LogP contribution is -2.03. The predicted molar refractivity (Wildman–Crippen MR) is 89.1 cm³/mol. The molecule has 2 aromatic rings. The number of rotatable bonds is 8.